The monoisotopic (exact) mass is 515 g/mol. The Morgan fingerprint density at radius 1 is 1.09 bits per heavy atom. The van der Waals surface area contributed by atoms with Gasteiger partial charge >= 0.3 is 5.97 Å². The molecule has 0 aliphatic heterocycles. The van der Waals surface area contributed by atoms with Crippen LogP contribution in [0.1, 0.15) is 31.9 Å². The van der Waals surface area contributed by atoms with E-state index in [2.05, 4.69) is 25.9 Å². The highest BCUT2D eigenvalue weighted by Crippen LogP contribution is 2.06. The lowest BCUT2D eigenvalue weighted by Crippen LogP contribution is -2.60. The summed E-state index contributed by atoms with van der Waals surface area (Å²) in [5.74, 6) is -4.04. The summed E-state index contributed by atoms with van der Waals surface area (Å²) in [6.07, 6.45) is 3.05. The number of rotatable bonds is 16. The Morgan fingerprint density at radius 3 is 2.26 bits per heavy atom. The molecule has 0 aliphatic carbocycles. The lowest BCUT2D eigenvalue weighted by Gasteiger charge is -2.26. The Balaban J connectivity index is 2.91. The maximum Gasteiger partial charge on any atom is 0.326 e. The molecule has 0 fully saturated rings. The number of carbonyl (C=O) groups is 5. The van der Waals surface area contributed by atoms with Gasteiger partial charge < -0.3 is 42.6 Å². The molecule has 0 radical (unpaired) electrons. The number of amides is 4. The van der Waals surface area contributed by atoms with Crippen LogP contribution in [0.5, 0.6) is 0 Å². The highest BCUT2D eigenvalue weighted by Gasteiger charge is 2.32. The fourth-order valence-electron chi connectivity index (χ4n) is 2.97. The maximum atomic E-state index is 12.9. The summed E-state index contributed by atoms with van der Waals surface area (Å²) in [6.45, 7) is 1.26. The van der Waals surface area contributed by atoms with Crippen molar-refractivity contribution in [3.05, 3.63) is 18.2 Å². The highest BCUT2D eigenvalue weighted by atomic mass is 32.2. The number of aromatic nitrogens is 2. The molecule has 0 bridgehead atoms. The van der Waals surface area contributed by atoms with E-state index in [9.17, 15) is 34.2 Å². The fourth-order valence-corrected chi connectivity index (χ4v) is 3.45. The van der Waals surface area contributed by atoms with Gasteiger partial charge in [0.25, 0.3) is 0 Å². The van der Waals surface area contributed by atoms with E-state index in [1.807, 2.05) is 0 Å². The van der Waals surface area contributed by atoms with E-state index < -0.39 is 59.9 Å². The van der Waals surface area contributed by atoms with Gasteiger partial charge in [-0.05, 0) is 31.8 Å². The van der Waals surface area contributed by atoms with E-state index in [4.69, 9.17) is 11.5 Å². The van der Waals surface area contributed by atoms with Crippen LogP contribution in [0.15, 0.2) is 12.5 Å². The third kappa shape index (κ3) is 10.7. The van der Waals surface area contributed by atoms with E-state index in [-0.39, 0.29) is 25.7 Å². The van der Waals surface area contributed by atoms with Crippen LogP contribution in [0.3, 0.4) is 0 Å². The molecule has 14 nitrogen and oxygen atoms in total. The van der Waals surface area contributed by atoms with Gasteiger partial charge in [-0.3, -0.25) is 19.2 Å². The molecular weight excluding hydrogens is 482 g/mol. The molecule has 0 saturated carbocycles. The number of hydrogen-bond donors (Lipinski definition) is 8. The van der Waals surface area contributed by atoms with Crippen LogP contribution in [-0.2, 0) is 30.4 Å². The quantitative estimate of drug-likeness (QED) is 0.112. The van der Waals surface area contributed by atoms with E-state index in [0.717, 1.165) is 0 Å². The smallest absolute Gasteiger partial charge is 0.326 e. The van der Waals surface area contributed by atoms with Crippen LogP contribution in [0, 0.1) is 0 Å². The van der Waals surface area contributed by atoms with Crippen LogP contribution < -0.4 is 27.4 Å². The van der Waals surface area contributed by atoms with Crippen molar-refractivity contribution in [2.24, 2.45) is 11.5 Å². The van der Waals surface area contributed by atoms with Crippen molar-refractivity contribution in [2.45, 2.75) is 62.9 Å². The molecule has 1 aromatic rings. The number of aliphatic hydroxyl groups excluding tert-OH is 1. The van der Waals surface area contributed by atoms with Crippen LogP contribution in [-0.4, -0.2) is 92.1 Å². The van der Waals surface area contributed by atoms with E-state index >= 15 is 0 Å². The van der Waals surface area contributed by atoms with E-state index in [0.29, 0.717) is 11.4 Å². The van der Waals surface area contributed by atoms with E-state index in [1.54, 1.807) is 6.26 Å². The molecule has 4 amide bonds. The number of carboxylic acids is 1. The Labute approximate surface area is 206 Å². The number of imidazole rings is 1. The summed E-state index contributed by atoms with van der Waals surface area (Å²) < 4.78 is 0. The van der Waals surface area contributed by atoms with Gasteiger partial charge in [0.15, 0.2) is 0 Å². The number of aromatic amines is 1. The summed E-state index contributed by atoms with van der Waals surface area (Å²) in [7, 11) is 0. The minimum atomic E-state index is -1.48. The number of hydrogen-bond acceptors (Lipinski definition) is 9. The topological polar surface area (TPSA) is 243 Å². The van der Waals surface area contributed by atoms with Crippen molar-refractivity contribution >= 4 is 41.4 Å². The van der Waals surface area contributed by atoms with Gasteiger partial charge in [-0.2, -0.15) is 11.8 Å². The summed E-state index contributed by atoms with van der Waals surface area (Å²) in [5, 5.41) is 26.5. The number of carbonyl (C=O) groups excluding carboxylic acids is 4. The fraction of sp³-hybridized carbons (Fsp3) is 0.600. The van der Waals surface area contributed by atoms with Gasteiger partial charge in [0.2, 0.25) is 23.6 Å². The second-order valence-electron chi connectivity index (χ2n) is 7.86. The average Bonchev–Trinajstić information content (AvgIpc) is 3.29. The normalized spacial score (nSPS) is 15.2. The molecule has 0 aromatic carbocycles. The molecule has 0 saturated heterocycles. The van der Waals surface area contributed by atoms with Gasteiger partial charge in [-0.1, -0.05) is 0 Å². The minimum absolute atomic E-state index is 0.0935. The Bertz CT molecular complexity index is 866. The molecule has 0 aliphatic rings. The van der Waals surface area contributed by atoms with Gasteiger partial charge in [0, 0.05) is 24.7 Å². The zero-order chi connectivity index (χ0) is 26.5. The molecule has 196 valence electrons. The first-order chi connectivity index (χ1) is 16.5. The number of thioether (sulfide) groups is 1. The van der Waals surface area contributed by atoms with Gasteiger partial charge in [-0.15, -0.1) is 0 Å². The summed E-state index contributed by atoms with van der Waals surface area (Å²) in [5.41, 5.74) is 11.6. The average molecular weight is 516 g/mol. The molecule has 10 N–H and O–H groups in total. The van der Waals surface area contributed by atoms with Gasteiger partial charge in [0.05, 0.1) is 18.5 Å². The number of nitrogens with two attached hydrogens (primary N) is 2. The SMILES string of the molecule is CSCCC(NC(=O)C(CCC(N)=O)NC(=O)C(NC(=O)C(N)Cc1cnc[nH]1)C(C)O)C(=O)O. The molecule has 35 heavy (non-hydrogen) atoms. The molecule has 1 heterocycles. The molecule has 5 atom stereocenters. The van der Waals surface area contributed by atoms with Gasteiger partial charge in [0.1, 0.15) is 18.1 Å². The predicted octanol–water partition coefficient (Wildman–Crippen LogP) is -2.78. The zero-order valence-corrected chi connectivity index (χ0v) is 20.3. The molecule has 1 aromatic heterocycles. The first-order valence-electron chi connectivity index (χ1n) is 10.8. The highest BCUT2D eigenvalue weighted by molar-refractivity contribution is 7.98. The number of nitrogens with one attached hydrogen (secondary N) is 4. The van der Waals surface area contributed by atoms with Crippen molar-refractivity contribution in [1.29, 1.82) is 0 Å². The summed E-state index contributed by atoms with van der Waals surface area (Å²) in [4.78, 5) is 67.4. The number of nitrogens with zero attached hydrogens (tertiary/aromatic N) is 1. The predicted molar refractivity (Wildman–Crippen MR) is 127 cm³/mol. The first kappa shape index (κ1) is 29.9. The van der Waals surface area contributed by atoms with Crippen LogP contribution in [0.2, 0.25) is 0 Å². The summed E-state index contributed by atoms with van der Waals surface area (Å²) in [6, 6.07) is -5.10. The second kappa shape index (κ2) is 15.0. The Kier molecular flexibility index (Phi) is 12.8. The van der Waals surface area contributed by atoms with Crippen LogP contribution >= 0.6 is 11.8 Å². The number of H-pyrrole nitrogens is 1. The van der Waals surface area contributed by atoms with Crippen molar-refractivity contribution < 1.29 is 34.2 Å². The number of carboxylic acid groups (broad SMARTS) is 1. The lowest BCUT2D eigenvalue weighted by atomic mass is 10.1. The minimum Gasteiger partial charge on any atom is -0.480 e. The maximum absolute atomic E-state index is 12.9. The van der Waals surface area contributed by atoms with Gasteiger partial charge in [-0.25, -0.2) is 9.78 Å². The zero-order valence-electron chi connectivity index (χ0n) is 19.5. The van der Waals surface area contributed by atoms with E-state index in [1.165, 1.54) is 31.2 Å². The van der Waals surface area contributed by atoms with Crippen molar-refractivity contribution in [3.8, 4) is 0 Å². The van der Waals surface area contributed by atoms with Crippen LogP contribution in [0.4, 0.5) is 0 Å². The van der Waals surface area contributed by atoms with Crippen molar-refractivity contribution in [2.75, 3.05) is 12.0 Å². The molecular formula is C20H33N7O7S. The van der Waals surface area contributed by atoms with Crippen molar-refractivity contribution in [3.63, 3.8) is 0 Å². The molecule has 0 spiro atoms. The lowest BCUT2D eigenvalue weighted by molar-refractivity contribution is -0.142. The van der Waals surface area contributed by atoms with Crippen LogP contribution in [0.25, 0.3) is 0 Å². The molecule has 5 unspecified atom stereocenters. The Morgan fingerprint density at radius 2 is 1.74 bits per heavy atom. The second-order valence-corrected chi connectivity index (χ2v) is 8.85. The number of aliphatic carboxylic acids is 1. The largest absolute Gasteiger partial charge is 0.480 e. The number of primary amides is 1. The Hall–Kier alpha value is -3.17. The third-order valence-corrected chi connectivity index (χ3v) is 5.58. The third-order valence-electron chi connectivity index (χ3n) is 4.93. The molecule has 15 heteroatoms. The van der Waals surface area contributed by atoms with Crippen molar-refractivity contribution in [1.82, 2.24) is 25.9 Å². The number of aliphatic hydroxyl groups is 1. The molecule has 1 rings (SSSR count). The summed E-state index contributed by atoms with van der Waals surface area (Å²) >= 11 is 1.39. The standard InChI is InChI=1S/C20H33N7O7S/c1-10(28)16(27-17(30)12(21)7-11-8-23-9-24-11)19(32)25-13(3-4-15(22)29)18(31)26-14(20(33)34)5-6-35-2/h8-10,12-14,16,28H,3-7,21H2,1-2H3,(H2,22,29)(H,23,24)(H,25,32)(H,26,31)(H,27,30)(H,33,34). The first-order valence-corrected chi connectivity index (χ1v) is 12.2.